The first-order valence-electron chi connectivity index (χ1n) is 10.3. The molecular formula is C22H30N2O5. The van der Waals surface area contributed by atoms with Crippen molar-refractivity contribution in [1.82, 2.24) is 10.2 Å². The molecule has 0 spiro atoms. The Balaban J connectivity index is 1.64. The van der Waals surface area contributed by atoms with Gasteiger partial charge in [-0.2, -0.15) is 0 Å². The van der Waals surface area contributed by atoms with Crippen LogP contribution in [0.15, 0.2) is 27.4 Å². The first kappa shape index (κ1) is 21.3. The lowest BCUT2D eigenvalue weighted by atomic mass is 10.0. The predicted molar refractivity (Wildman–Crippen MR) is 112 cm³/mol. The zero-order valence-electron chi connectivity index (χ0n) is 17.5. The molecule has 0 saturated carbocycles. The fraction of sp³-hybridized carbons (Fsp3) is 0.545. The van der Waals surface area contributed by atoms with Crippen LogP contribution in [0.2, 0.25) is 0 Å². The third-order valence-corrected chi connectivity index (χ3v) is 5.22. The average Bonchev–Trinajstić information content (AvgIpc) is 2.71. The van der Waals surface area contributed by atoms with Gasteiger partial charge in [0, 0.05) is 43.2 Å². The number of morpholine rings is 1. The molecule has 1 aromatic carbocycles. The van der Waals surface area contributed by atoms with Gasteiger partial charge in [0.2, 0.25) is 0 Å². The van der Waals surface area contributed by atoms with Crippen LogP contribution in [0.5, 0.6) is 5.75 Å². The number of nitrogens with one attached hydrogen (secondary N) is 1. The minimum atomic E-state index is -0.651. The number of nitrogens with zero attached hydrogens (tertiary/aromatic N) is 1. The summed E-state index contributed by atoms with van der Waals surface area (Å²) in [5, 5.41) is 3.84. The highest BCUT2D eigenvalue weighted by Crippen LogP contribution is 2.29. The molecule has 1 saturated heterocycles. The molecule has 0 unspecified atom stereocenters. The summed E-state index contributed by atoms with van der Waals surface area (Å²) in [6.07, 6.45) is 1.10. The van der Waals surface area contributed by atoms with E-state index in [-0.39, 0.29) is 11.5 Å². The molecule has 158 valence electrons. The van der Waals surface area contributed by atoms with Crippen molar-refractivity contribution in [3.05, 3.63) is 39.7 Å². The van der Waals surface area contributed by atoms with Crippen molar-refractivity contribution < 1.29 is 18.7 Å². The van der Waals surface area contributed by atoms with E-state index in [1.165, 1.54) is 0 Å². The minimum Gasteiger partial charge on any atom is -0.480 e. The Labute approximate surface area is 171 Å². The molecule has 3 rings (SSSR count). The van der Waals surface area contributed by atoms with Crippen LogP contribution in [0.4, 0.5) is 0 Å². The molecule has 1 aliphatic heterocycles. The van der Waals surface area contributed by atoms with Crippen LogP contribution in [0, 0.1) is 6.92 Å². The van der Waals surface area contributed by atoms with E-state index in [2.05, 4.69) is 17.1 Å². The van der Waals surface area contributed by atoms with E-state index in [4.69, 9.17) is 13.9 Å². The van der Waals surface area contributed by atoms with E-state index in [1.54, 1.807) is 13.0 Å². The predicted octanol–water partition coefficient (Wildman–Crippen LogP) is 2.27. The van der Waals surface area contributed by atoms with Gasteiger partial charge in [-0.05, 0) is 38.0 Å². The monoisotopic (exact) mass is 402 g/mol. The number of hydrogen-bond acceptors (Lipinski definition) is 6. The molecular weight excluding hydrogens is 372 g/mol. The van der Waals surface area contributed by atoms with Crippen molar-refractivity contribution in [2.75, 3.05) is 39.4 Å². The van der Waals surface area contributed by atoms with Crippen molar-refractivity contribution in [2.45, 2.75) is 39.7 Å². The molecule has 29 heavy (non-hydrogen) atoms. The fourth-order valence-corrected chi connectivity index (χ4v) is 3.56. The third-order valence-electron chi connectivity index (χ3n) is 5.22. The van der Waals surface area contributed by atoms with Gasteiger partial charge in [0.1, 0.15) is 11.3 Å². The molecule has 0 radical (unpaired) electrons. The molecule has 1 amide bonds. The van der Waals surface area contributed by atoms with Gasteiger partial charge in [0.15, 0.2) is 6.10 Å². The van der Waals surface area contributed by atoms with Crippen molar-refractivity contribution in [3.63, 3.8) is 0 Å². The number of carbonyl (C=O) groups excluding carboxylic acids is 1. The summed E-state index contributed by atoms with van der Waals surface area (Å²) in [7, 11) is 0. The Kier molecular flexibility index (Phi) is 7.28. The van der Waals surface area contributed by atoms with Crippen molar-refractivity contribution in [2.24, 2.45) is 0 Å². The van der Waals surface area contributed by atoms with Crippen LogP contribution in [-0.2, 0) is 16.0 Å². The minimum absolute atomic E-state index is 0.168. The first-order valence-corrected chi connectivity index (χ1v) is 10.3. The van der Waals surface area contributed by atoms with Crippen LogP contribution in [0.25, 0.3) is 11.0 Å². The summed E-state index contributed by atoms with van der Waals surface area (Å²) in [5.74, 6) is 0.379. The number of benzene rings is 1. The van der Waals surface area contributed by atoms with Crippen LogP contribution < -0.4 is 15.7 Å². The maximum atomic E-state index is 12.4. The van der Waals surface area contributed by atoms with E-state index in [1.807, 2.05) is 19.1 Å². The second kappa shape index (κ2) is 9.89. The average molecular weight is 402 g/mol. The summed E-state index contributed by atoms with van der Waals surface area (Å²) in [6.45, 7) is 10.3. The smallest absolute Gasteiger partial charge is 0.336 e. The summed E-state index contributed by atoms with van der Waals surface area (Å²) in [5.41, 5.74) is 1.86. The Morgan fingerprint density at radius 1 is 1.31 bits per heavy atom. The highest BCUT2D eigenvalue weighted by molar-refractivity contribution is 5.85. The van der Waals surface area contributed by atoms with Crippen molar-refractivity contribution in [3.8, 4) is 5.75 Å². The van der Waals surface area contributed by atoms with Gasteiger partial charge in [0.25, 0.3) is 5.91 Å². The van der Waals surface area contributed by atoms with Crippen LogP contribution in [0.1, 0.15) is 31.4 Å². The van der Waals surface area contributed by atoms with E-state index in [9.17, 15) is 9.59 Å². The topological polar surface area (TPSA) is 81.0 Å². The summed E-state index contributed by atoms with van der Waals surface area (Å²) >= 11 is 0. The van der Waals surface area contributed by atoms with Gasteiger partial charge in [-0.25, -0.2) is 4.79 Å². The van der Waals surface area contributed by atoms with Gasteiger partial charge in [-0.1, -0.05) is 13.3 Å². The van der Waals surface area contributed by atoms with Gasteiger partial charge in [0.05, 0.1) is 13.2 Å². The highest BCUT2D eigenvalue weighted by Gasteiger charge is 2.18. The molecule has 0 bridgehead atoms. The molecule has 1 aliphatic rings. The van der Waals surface area contributed by atoms with E-state index in [0.29, 0.717) is 17.9 Å². The molecule has 7 nitrogen and oxygen atoms in total. The van der Waals surface area contributed by atoms with Crippen molar-refractivity contribution in [1.29, 1.82) is 0 Å². The lowest BCUT2D eigenvalue weighted by Gasteiger charge is -2.26. The summed E-state index contributed by atoms with van der Waals surface area (Å²) < 4.78 is 16.7. The van der Waals surface area contributed by atoms with Gasteiger partial charge >= 0.3 is 5.63 Å². The second-order valence-electron chi connectivity index (χ2n) is 7.41. The molecule has 1 fully saturated rings. The molecule has 2 heterocycles. The maximum absolute atomic E-state index is 12.4. The van der Waals surface area contributed by atoms with Gasteiger partial charge < -0.3 is 19.2 Å². The van der Waals surface area contributed by atoms with Crippen LogP contribution in [-0.4, -0.2) is 56.3 Å². The standard InChI is InChI=1S/C22H30N2O5/c1-4-5-17-14-20(25)29-21-15(2)19(7-6-18(17)21)28-16(3)22(26)23-8-9-24-10-12-27-13-11-24/h6-7,14,16H,4-5,8-13H2,1-3H3,(H,23,26)/t16-/m1/s1. The molecule has 0 aliphatic carbocycles. The normalized spacial score (nSPS) is 16.0. The summed E-state index contributed by atoms with van der Waals surface area (Å²) in [6, 6.07) is 5.29. The fourth-order valence-electron chi connectivity index (χ4n) is 3.56. The highest BCUT2D eigenvalue weighted by atomic mass is 16.5. The summed E-state index contributed by atoms with van der Waals surface area (Å²) in [4.78, 5) is 26.6. The lowest BCUT2D eigenvalue weighted by molar-refractivity contribution is -0.127. The molecule has 1 aromatic heterocycles. The Hall–Kier alpha value is -2.38. The van der Waals surface area contributed by atoms with Crippen molar-refractivity contribution >= 4 is 16.9 Å². The van der Waals surface area contributed by atoms with Gasteiger partial charge in [-0.3, -0.25) is 9.69 Å². The second-order valence-corrected chi connectivity index (χ2v) is 7.41. The molecule has 1 atom stereocenters. The zero-order valence-corrected chi connectivity index (χ0v) is 17.5. The molecule has 2 aromatic rings. The number of amides is 1. The quantitative estimate of drug-likeness (QED) is 0.683. The molecule has 1 N–H and O–H groups in total. The Morgan fingerprint density at radius 2 is 2.07 bits per heavy atom. The number of rotatable bonds is 8. The van der Waals surface area contributed by atoms with E-state index >= 15 is 0 Å². The third kappa shape index (κ3) is 5.36. The van der Waals surface area contributed by atoms with Crippen LogP contribution >= 0.6 is 0 Å². The van der Waals surface area contributed by atoms with E-state index in [0.717, 1.165) is 62.2 Å². The SMILES string of the molecule is CCCc1cc(=O)oc2c(C)c(O[C@H](C)C(=O)NCCN3CCOCC3)ccc12. The Morgan fingerprint density at radius 3 is 2.79 bits per heavy atom. The molecule has 7 heteroatoms. The van der Waals surface area contributed by atoms with E-state index < -0.39 is 6.10 Å². The number of ether oxygens (including phenoxy) is 2. The number of fused-ring (bicyclic) bond motifs is 1. The number of carbonyl (C=O) groups is 1. The van der Waals surface area contributed by atoms with Crippen LogP contribution in [0.3, 0.4) is 0 Å². The number of hydrogen-bond donors (Lipinski definition) is 1. The van der Waals surface area contributed by atoms with Gasteiger partial charge in [-0.15, -0.1) is 0 Å². The Bertz CT molecular complexity index is 902. The zero-order chi connectivity index (χ0) is 20.8. The number of aryl methyl sites for hydroxylation is 2. The largest absolute Gasteiger partial charge is 0.480 e. The maximum Gasteiger partial charge on any atom is 0.336 e. The first-order chi connectivity index (χ1) is 14.0. The lowest BCUT2D eigenvalue weighted by Crippen LogP contribution is -2.43.